The van der Waals surface area contributed by atoms with E-state index in [1.165, 1.54) is 82.7 Å². The lowest BCUT2D eigenvalue weighted by Gasteiger charge is -2.56. The molecule has 0 spiro atoms. The van der Waals surface area contributed by atoms with Gasteiger partial charge >= 0.3 is 0 Å². The number of unbranched alkanes of at least 4 members (excludes halogenated alkanes) is 5. The average Bonchev–Trinajstić information content (AvgIpc) is 2.63. The first-order valence-electron chi connectivity index (χ1n) is 11.7. The molecule has 28 heavy (non-hydrogen) atoms. The molecule has 0 amide bonds. The SMILES string of the molecule is CCCCCCCCN(C)c1ccc(OC23CC4CC(CC(C4)C2)C3)cc1.Cl. The summed E-state index contributed by atoms with van der Waals surface area (Å²) in [5, 5.41) is 0. The Bertz CT molecular complexity index is 564. The van der Waals surface area contributed by atoms with Gasteiger partial charge in [-0.1, -0.05) is 39.0 Å². The van der Waals surface area contributed by atoms with Crippen LogP contribution < -0.4 is 9.64 Å². The van der Waals surface area contributed by atoms with Crippen molar-refractivity contribution in [3.8, 4) is 5.75 Å². The average molecular weight is 406 g/mol. The highest BCUT2D eigenvalue weighted by atomic mass is 35.5. The minimum Gasteiger partial charge on any atom is -0.487 e. The van der Waals surface area contributed by atoms with Gasteiger partial charge in [-0.15, -0.1) is 12.4 Å². The second-order valence-corrected chi connectivity index (χ2v) is 9.89. The molecule has 3 heteroatoms. The quantitative estimate of drug-likeness (QED) is 0.380. The maximum atomic E-state index is 6.67. The molecule has 4 fully saturated rings. The number of ether oxygens (including phenoxy) is 1. The van der Waals surface area contributed by atoms with E-state index in [1.54, 1.807) is 0 Å². The Morgan fingerprint density at radius 2 is 1.39 bits per heavy atom. The van der Waals surface area contributed by atoms with Crippen molar-refractivity contribution in [3.63, 3.8) is 0 Å². The molecule has 4 aliphatic rings. The molecule has 5 rings (SSSR count). The Labute approximate surface area is 178 Å². The smallest absolute Gasteiger partial charge is 0.120 e. The van der Waals surface area contributed by atoms with Crippen LogP contribution in [0.5, 0.6) is 5.75 Å². The van der Waals surface area contributed by atoms with Crippen molar-refractivity contribution in [2.75, 3.05) is 18.5 Å². The van der Waals surface area contributed by atoms with E-state index in [4.69, 9.17) is 4.74 Å². The van der Waals surface area contributed by atoms with Gasteiger partial charge in [0.25, 0.3) is 0 Å². The van der Waals surface area contributed by atoms with Crippen molar-refractivity contribution in [3.05, 3.63) is 24.3 Å². The fourth-order valence-corrected chi connectivity index (χ4v) is 6.43. The van der Waals surface area contributed by atoms with E-state index in [2.05, 4.69) is 43.1 Å². The Morgan fingerprint density at radius 1 is 0.857 bits per heavy atom. The minimum atomic E-state index is 0. The third-order valence-corrected chi connectivity index (χ3v) is 7.44. The zero-order valence-electron chi connectivity index (χ0n) is 18.0. The molecule has 0 heterocycles. The summed E-state index contributed by atoms with van der Waals surface area (Å²) in [6.07, 6.45) is 16.5. The van der Waals surface area contributed by atoms with Gasteiger partial charge in [-0.2, -0.15) is 0 Å². The third kappa shape index (κ3) is 5.17. The summed E-state index contributed by atoms with van der Waals surface area (Å²) in [7, 11) is 2.22. The van der Waals surface area contributed by atoms with Crippen molar-refractivity contribution in [2.45, 2.75) is 89.6 Å². The highest BCUT2D eigenvalue weighted by Crippen LogP contribution is 2.57. The zero-order valence-corrected chi connectivity index (χ0v) is 18.8. The van der Waals surface area contributed by atoms with Crippen LogP contribution in [0.25, 0.3) is 0 Å². The van der Waals surface area contributed by atoms with Gasteiger partial charge in [0.1, 0.15) is 11.4 Å². The van der Waals surface area contributed by atoms with Crippen LogP contribution in [0.2, 0.25) is 0 Å². The van der Waals surface area contributed by atoms with E-state index in [9.17, 15) is 0 Å². The fourth-order valence-electron chi connectivity index (χ4n) is 6.43. The van der Waals surface area contributed by atoms with Crippen LogP contribution in [0.1, 0.15) is 84.0 Å². The largest absolute Gasteiger partial charge is 0.487 e. The standard InChI is InChI=1S/C25H39NO.ClH/c1-3-4-5-6-7-8-13-26(2)23-9-11-24(12-10-23)27-25-17-20-14-21(18-25)16-22(15-20)19-25;/h9-12,20-22H,3-8,13-19H2,1-2H3;1H. The van der Waals surface area contributed by atoms with Crippen LogP contribution in [-0.4, -0.2) is 19.2 Å². The van der Waals surface area contributed by atoms with Gasteiger partial charge in [-0.3, -0.25) is 0 Å². The lowest BCUT2D eigenvalue weighted by atomic mass is 9.54. The molecule has 1 aromatic carbocycles. The minimum absolute atomic E-state index is 0. The lowest BCUT2D eigenvalue weighted by molar-refractivity contribution is -0.107. The maximum Gasteiger partial charge on any atom is 0.120 e. The van der Waals surface area contributed by atoms with Gasteiger partial charge in [0, 0.05) is 19.3 Å². The zero-order chi connectivity index (χ0) is 18.7. The van der Waals surface area contributed by atoms with E-state index in [0.717, 1.165) is 30.0 Å². The van der Waals surface area contributed by atoms with Gasteiger partial charge < -0.3 is 9.64 Å². The molecule has 4 aliphatic carbocycles. The summed E-state index contributed by atoms with van der Waals surface area (Å²) in [5.41, 5.74) is 1.49. The van der Waals surface area contributed by atoms with E-state index in [1.807, 2.05) is 0 Å². The molecule has 0 N–H and O–H groups in total. The van der Waals surface area contributed by atoms with Crippen molar-refractivity contribution in [2.24, 2.45) is 17.8 Å². The van der Waals surface area contributed by atoms with E-state index >= 15 is 0 Å². The Kier molecular flexibility index (Phi) is 7.59. The van der Waals surface area contributed by atoms with Crippen LogP contribution in [-0.2, 0) is 0 Å². The molecular formula is C25H40ClNO. The summed E-state index contributed by atoms with van der Waals surface area (Å²) < 4.78 is 6.67. The number of nitrogens with zero attached hydrogens (tertiary/aromatic N) is 1. The number of rotatable bonds is 10. The monoisotopic (exact) mass is 405 g/mol. The summed E-state index contributed by atoms with van der Waals surface area (Å²) in [6, 6.07) is 8.94. The first kappa shape index (κ1) is 21.8. The maximum absolute atomic E-state index is 6.67. The molecule has 0 aliphatic heterocycles. The molecule has 0 atom stereocenters. The number of halogens is 1. The van der Waals surface area contributed by atoms with Gasteiger partial charge in [-0.05, 0) is 87.0 Å². The number of hydrogen-bond acceptors (Lipinski definition) is 2. The van der Waals surface area contributed by atoms with Crippen LogP contribution in [0, 0.1) is 17.8 Å². The first-order valence-corrected chi connectivity index (χ1v) is 11.7. The fraction of sp³-hybridized carbons (Fsp3) is 0.760. The Hall–Kier alpha value is -0.890. The topological polar surface area (TPSA) is 12.5 Å². The molecule has 0 saturated heterocycles. The summed E-state index contributed by atoms with van der Waals surface area (Å²) in [6.45, 7) is 3.44. The normalized spacial score (nSPS) is 30.1. The Balaban J connectivity index is 0.00000225. The van der Waals surface area contributed by atoms with Crippen molar-refractivity contribution in [1.29, 1.82) is 0 Å². The molecule has 1 aromatic rings. The van der Waals surface area contributed by atoms with E-state index in [-0.39, 0.29) is 18.0 Å². The predicted octanol–water partition coefficient (Wildman–Crippen LogP) is 7.25. The van der Waals surface area contributed by atoms with Gasteiger partial charge in [-0.25, -0.2) is 0 Å². The molecule has 4 bridgehead atoms. The van der Waals surface area contributed by atoms with Gasteiger partial charge in [0.05, 0.1) is 0 Å². The molecule has 0 unspecified atom stereocenters. The highest BCUT2D eigenvalue weighted by molar-refractivity contribution is 5.85. The van der Waals surface area contributed by atoms with Crippen molar-refractivity contribution < 1.29 is 4.74 Å². The molecule has 0 aromatic heterocycles. The third-order valence-electron chi connectivity index (χ3n) is 7.44. The molecular weight excluding hydrogens is 366 g/mol. The number of hydrogen-bond donors (Lipinski definition) is 0. The molecule has 2 nitrogen and oxygen atoms in total. The van der Waals surface area contributed by atoms with Crippen molar-refractivity contribution in [1.82, 2.24) is 0 Å². The lowest BCUT2D eigenvalue weighted by Crippen LogP contribution is -2.53. The highest BCUT2D eigenvalue weighted by Gasteiger charge is 2.52. The van der Waals surface area contributed by atoms with Gasteiger partial charge in [0.15, 0.2) is 0 Å². The molecule has 158 valence electrons. The second kappa shape index (κ2) is 9.74. The number of anilines is 1. The van der Waals surface area contributed by atoms with Crippen LogP contribution >= 0.6 is 12.4 Å². The first-order chi connectivity index (χ1) is 13.2. The summed E-state index contributed by atoms with van der Waals surface area (Å²) in [5.74, 6) is 3.92. The Morgan fingerprint density at radius 3 is 1.96 bits per heavy atom. The second-order valence-electron chi connectivity index (χ2n) is 9.89. The number of benzene rings is 1. The molecule has 4 saturated carbocycles. The molecule has 0 radical (unpaired) electrons. The summed E-state index contributed by atoms with van der Waals surface area (Å²) >= 11 is 0. The predicted molar refractivity (Wildman–Crippen MR) is 122 cm³/mol. The van der Waals surface area contributed by atoms with Crippen LogP contribution in [0.15, 0.2) is 24.3 Å². The van der Waals surface area contributed by atoms with E-state index in [0.29, 0.717) is 0 Å². The summed E-state index contributed by atoms with van der Waals surface area (Å²) in [4.78, 5) is 2.40. The van der Waals surface area contributed by atoms with E-state index < -0.39 is 0 Å². The van der Waals surface area contributed by atoms with Crippen LogP contribution in [0.4, 0.5) is 5.69 Å². The van der Waals surface area contributed by atoms with Crippen molar-refractivity contribution >= 4 is 18.1 Å². The van der Waals surface area contributed by atoms with Crippen LogP contribution in [0.3, 0.4) is 0 Å². The van der Waals surface area contributed by atoms with Gasteiger partial charge in [0.2, 0.25) is 0 Å².